The number of hydrogen-bond donors (Lipinski definition) is 1. The van der Waals surface area contributed by atoms with E-state index in [1.807, 2.05) is 0 Å². The summed E-state index contributed by atoms with van der Waals surface area (Å²) in [4.78, 5) is 9.06. The number of carbonyl (C=O) groups is 1. The molecule has 0 amide bonds. The fourth-order valence-corrected chi connectivity index (χ4v) is 0. The van der Waals surface area contributed by atoms with Gasteiger partial charge in [0.2, 0.25) is 0 Å². The van der Waals surface area contributed by atoms with E-state index in [2.05, 4.69) is 0 Å². The van der Waals surface area contributed by atoms with Crippen LogP contribution in [0, 0.1) is 0 Å². The second-order valence-corrected chi connectivity index (χ2v) is 0.538. The zero-order chi connectivity index (χ0) is 4.28. The molecule has 0 rings (SSSR count). The number of hydrogen-bond acceptors (Lipinski definition) is 1. The predicted octanol–water partition coefficient (Wildman–Crippen LogP) is -0.498. The molecule has 0 aliphatic heterocycles. The van der Waals surface area contributed by atoms with Crippen LogP contribution in [-0.4, -0.2) is 17.7 Å². The lowest BCUT2D eigenvalue weighted by molar-refractivity contribution is -0.142. The molecule has 1 N–H and O–H groups in total. The maximum atomic E-state index is 9.06. The highest BCUT2D eigenvalue weighted by molar-refractivity contribution is 5.67. The molecule has 1 radical (unpaired) electrons. The van der Waals surface area contributed by atoms with Gasteiger partial charge in [-0.1, -0.05) is 0 Å². The predicted molar refractivity (Wildman–Crippen MR) is 13.2 cm³/mol. The molecular weight excluding hydrogens is 72.0 g/mol. The largest absolute Gasteiger partial charge is 0.479 e. The van der Waals surface area contributed by atoms with Crippen LogP contribution in [0.15, 0.2) is 0 Å². The summed E-state index contributed by atoms with van der Waals surface area (Å²) in [5.41, 5.74) is 0. The summed E-state index contributed by atoms with van der Waals surface area (Å²) >= 11 is 0. The minimum Gasteiger partial charge on any atom is -0.479 e. The van der Waals surface area contributed by atoms with Crippen molar-refractivity contribution < 1.29 is 15.0 Å². The van der Waals surface area contributed by atoms with Gasteiger partial charge in [0.15, 0.2) is 6.61 Å². The number of carboxylic acids is 1. The smallest absolute Gasteiger partial charge is 0.333 e. The first-order chi connectivity index (χ1) is 2.27. The third-order valence-corrected chi connectivity index (χ3v) is 0.123. The van der Waals surface area contributed by atoms with Crippen LogP contribution in [0.2, 0.25) is 0 Å². The van der Waals surface area contributed by atoms with Crippen LogP contribution in [0.1, 0.15) is 0 Å². The lowest BCUT2D eigenvalue weighted by Gasteiger charge is -1.69. The maximum absolute atomic E-state index is 9.06. The van der Waals surface area contributed by atoms with E-state index in [1.54, 1.807) is 0 Å². The van der Waals surface area contributed by atoms with Gasteiger partial charge in [-0.15, -0.1) is 0 Å². The molecule has 0 aromatic rings. The van der Waals surface area contributed by atoms with Crippen LogP contribution in [0.3, 0.4) is 0 Å². The van der Waals surface area contributed by atoms with Gasteiger partial charge in [0.25, 0.3) is 0 Å². The van der Waals surface area contributed by atoms with Gasteiger partial charge in [0.05, 0.1) is 0 Å². The molecule has 0 aliphatic carbocycles. The zero-order valence-corrected chi connectivity index (χ0v) is 2.47. The van der Waals surface area contributed by atoms with Crippen molar-refractivity contribution in [3.05, 3.63) is 0 Å². The number of rotatable bonds is 1. The highest BCUT2D eigenvalue weighted by Crippen LogP contribution is 1.50. The Morgan fingerprint density at radius 1 is 1.80 bits per heavy atom. The van der Waals surface area contributed by atoms with Crippen LogP contribution < -0.4 is 0 Å². The Morgan fingerprint density at radius 2 is 2.00 bits per heavy atom. The van der Waals surface area contributed by atoms with E-state index in [0.717, 1.165) is 0 Å². The molecule has 0 saturated carbocycles. The molecule has 3 heteroatoms. The molecule has 0 aliphatic rings. The molecule has 0 aromatic heterocycles. The minimum atomic E-state index is -1.30. The van der Waals surface area contributed by atoms with Gasteiger partial charge in [0.1, 0.15) is 0 Å². The summed E-state index contributed by atoms with van der Waals surface area (Å²) in [7, 11) is 0. The van der Waals surface area contributed by atoms with Crippen molar-refractivity contribution in [1.82, 2.24) is 0 Å². The molecule has 0 saturated heterocycles. The first kappa shape index (κ1) is 4.43. The fraction of sp³-hybridized carbons (Fsp3) is 0.500. The van der Waals surface area contributed by atoms with E-state index in [0.29, 0.717) is 0 Å². The van der Waals surface area contributed by atoms with Gasteiger partial charge in [-0.3, -0.25) is 0 Å². The van der Waals surface area contributed by atoms with Gasteiger partial charge in [-0.2, -0.15) is 0 Å². The normalized spacial score (nSPS) is 7.40. The second-order valence-electron chi connectivity index (χ2n) is 0.538. The minimum absolute atomic E-state index is 1.03. The van der Waals surface area contributed by atoms with Crippen molar-refractivity contribution >= 4 is 5.97 Å². The van der Waals surface area contributed by atoms with Crippen molar-refractivity contribution in [2.24, 2.45) is 0 Å². The van der Waals surface area contributed by atoms with Gasteiger partial charge < -0.3 is 5.11 Å². The second kappa shape index (κ2) is 1.72. The van der Waals surface area contributed by atoms with E-state index in [1.165, 1.54) is 0 Å². The SMILES string of the molecule is [O]CC(=O)O. The standard InChI is InChI=1S/C2H3O3/c3-1-2(4)5/h1H2,(H,4,5). The summed E-state index contributed by atoms with van der Waals surface area (Å²) < 4.78 is 0. The van der Waals surface area contributed by atoms with Crippen molar-refractivity contribution in [1.29, 1.82) is 0 Å². The zero-order valence-electron chi connectivity index (χ0n) is 2.47. The van der Waals surface area contributed by atoms with Gasteiger partial charge in [-0.25, -0.2) is 9.90 Å². The average Bonchev–Trinajstić information content (AvgIpc) is 1.38. The van der Waals surface area contributed by atoms with Crippen molar-refractivity contribution in [2.45, 2.75) is 0 Å². The van der Waals surface area contributed by atoms with E-state index in [9.17, 15) is 0 Å². The monoisotopic (exact) mass is 75.0 g/mol. The molecule has 0 atom stereocenters. The van der Waals surface area contributed by atoms with Gasteiger partial charge in [0, 0.05) is 0 Å². The first-order valence-electron chi connectivity index (χ1n) is 1.07. The van der Waals surface area contributed by atoms with E-state index >= 15 is 0 Å². The Labute approximate surface area is 28.9 Å². The molecule has 0 aromatic carbocycles. The molecular formula is C2H3O3. The summed E-state index contributed by atoms with van der Waals surface area (Å²) in [5.74, 6) is -1.30. The quantitative estimate of drug-likeness (QED) is 0.456. The summed E-state index contributed by atoms with van der Waals surface area (Å²) in [6.45, 7) is -1.03. The molecule has 29 valence electrons. The van der Waals surface area contributed by atoms with Crippen molar-refractivity contribution in [3.63, 3.8) is 0 Å². The third kappa shape index (κ3) is 3.43. The summed E-state index contributed by atoms with van der Waals surface area (Å²) in [6, 6.07) is 0. The molecule has 5 heavy (non-hydrogen) atoms. The lowest BCUT2D eigenvalue weighted by atomic mass is 10.8. The molecule has 0 bridgehead atoms. The highest BCUT2D eigenvalue weighted by Gasteiger charge is 1.85. The Kier molecular flexibility index (Phi) is 1.53. The first-order valence-corrected chi connectivity index (χ1v) is 1.07. The van der Waals surface area contributed by atoms with Crippen molar-refractivity contribution in [2.75, 3.05) is 6.61 Å². The van der Waals surface area contributed by atoms with Crippen LogP contribution in [0.25, 0.3) is 0 Å². The van der Waals surface area contributed by atoms with Crippen LogP contribution >= 0.6 is 0 Å². The molecule has 0 fully saturated rings. The van der Waals surface area contributed by atoms with Crippen molar-refractivity contribution in [3.8, 4) is 0 Å². The van der Waals surface area contributed by atoms with Crippen LogP contribution in [0.4, 0.5) is 0 Å². The van der Waals surface area contributed by atoms with Gasteiger partial charge in [-0.05, 0) is 0 Å². The molecule has 0 heterocycles. The van der Waals surface area contributed by atoms with Gasteiger partial charge >= 0.3 is 5.97 Å². The highest BCUT2D eigenvalue weighted by atomic mass is 16.4. The number of aliphatic carboxylic acids is 1. The number of carboxylic acid groups (broad SMARTS) is 1. The lowest BCUT2D eigenvalue weighted by Crippen LogP contribution is -1.97. The fourth-order valence-electron chi connectivity index (χ4n) is 0. The molecule has 3 nitrogen and oxygen atoms in total. The van der Waals surface area contributed by atoms with E-state index in [-0.39, 0.29) is 0 Å². The third-order valence-electron chi connectivity index (χ3n) is 0.123. The Balaban J connectivity index is 2.85. The Bertz CT molecular complexity index is 40.2. The molecule has 0 unspecified atom stereocenters. The summed E-state index contributed by atoms with van der Waals surface area (Å²) in [5, 5.41) is 16.4. The Morgan fingerprint density at radius 3 is 2.00 bits per heavy atom. The van der Waals surface area contributed by atoms with E-state index in [4.69, 9.17) is 15.0 Å². The van der Waals surface area contributed by atoms with Crippen LogP contribution in [0.5, 0.6) is 0 Å². The topological polar surface area (TPSA) is 57.2 Å². The Hall–Kier alpha value is -0.570. The molecule has 0 spiro atoms. The van der Waals surface area contributed by atoms with Crippen LogP contribution in [-0.2, 0) is 9.90 Å². The maximum Gasteiger partial charge on any atom is 0.333 e. The van der Waals surface area contributed by atoms with E-state index < -0.39 is 12.6 Å². The average molecular weight is 75.0 g/mol. The summed E-state index contributed by atoms with van der Waals surface area (Å²) in [6.07, 6.45) is 0.